The fourth-order valence-corrected chi connectivity index (χ4v) is 2.73. The smallest absolute Gasteiger partial charge is 0.0642 e. The first-order valence-electron chi connectivity index (χ1n) is 6.34. The summed E-state index contributed by atoms with van der Waals surface area (Å²) >= 11 is 12.4. The van der Waals surface area contributed by atoms with E-state index in [4.69, 9.17) is 23.2 Å². The summed E-state index contributed by atoms with van der Waals surface area (Å²) in [6.45, 7) is 4.39. The minimum Gasteiger partial charge on any atom is -0.370 e. The average molecular weight is 272 g/mol. The standard InChI is InChI=1S/C14H19Cl2N/c1-2-8-17(10-11-6-7-11)14-12(9-15)4-3-5-13(14)16/h3-5,11H,2,6-10H2,1H3. The Labute approximate surface area is 114 Å². The van der Waals surface area contributed by atoms with Crippen LogP contribution in [0.2, 0.25) is 5.02 Å². The molecule has 0 aromatic heterocycles. The highest BCUT2D eigenvalue weighted by atomic mass is 35.5. The van der Waals surface area contributed by atoms with Crippen LogP contribution in [-0.2, 0) is 5.88 Å². The number of anilines is 1. The Morgan fingerprint density at radius 3 is 2.71 bits per heavy atom. The second kappa shape index (κ2) is 5.97. The number of hydrogen-bond acceptors (Lipinski definition) is 1. The van der Waals surface area contributed by atoms with E-state index in [9.17, 15) is 0 Å². The molecule has 0 saturated heterocycles. The van der Waals surface area contributed by atoms with Gasteiger partial charge in [0.05, 0.1) is 10.7 Å². The number of halogens is 2. The molecule has 0 radical (unpaired) electrons. The van der Waals surface area contributed by atoms with Gasteiger partial charge in [-0.05, 0) is 36.8 Å². The van der Waals surface area contributed by atoms with Gasteiger partial charge in [0.25, 0.3) is 0 Å². The van der Waals surface area contributed by atoms with Crippen molar-refractivity contribution >= 4 is 28.9 Å². The monoisotopic (exact) mass is 271 g/mol. The molecule has 2 rings (SSSR count). The van der Waals surface area contributed by atoms with Gasteiger partial charge in [-0.25, -0.2) is 0 Å². The van der Waals surface area contributed by atoms with Crippen molar-refractivity contribution in [3.8, 4) is 0 Å². The third-order valence-corrected chi connectivity index (χ3v) is 3.79. The van der Waals surface area contributed by atoms with Crippen LogP contribution in [0.1, 0.15) is 31.7 Å². The van der Waals surface area contributed by atoms with Crippen molar-refractivity contribution in [2.75, 3.05) is 18.0 Å². The number of para-hydroxylation sites is 1. The quantitative estimate of drug-likeness (QED) is 0.678. The summed E-state index contributed by atoms with van der Waals surface area (Å²) < 4.78 is 0. The Hall–Kier alpha value is -0.400. The van der Waals surface area contributed by atoms with Crippen LogP contribution in [0, 0.1) is 5.92 Å². The fraction of sp³-hybridized carbons (Fsp3) is 0.571. The van der Waals surface area contributed by atoms with Gasteiger partial charge in [0.1, 0.15) is 0 Å². The Kier molecular flexibility index (Phi) is 4.58. The van der Waals surface area contributed by atoms with Crippen molar-refractivity contribution in [1.29, 1.82) is 0 Å². The van der Waals surface area contributed by atoms with Crippen molar-refractivity contribution in [1.82, 2.24) is 0 Å². The van der Waals surface area contributed by atoms with E-state index in [1.54, 1.807) is 0 Å². The minimum absolute atomic E-state index is 0.529. The number of nitrogens with zero attached hydrogens (tertiary/aromatic N) is 1. The molecular weight excluding hydrogens is 253 g/mol. The Morgan fingerprint density at radius 2 is 2.12 bits per heavy atom. The molecule has 0 heterocycles. The molecule has 3 heteroatoms. The lowest BCUT2D eigenvalue weighted by atomic mass is 10.1. The third kappa shape index (κ3) is 3.29. The second-order valence-electron chi connectivity index (χ2n) is 4.77. The van der Waals surface area contributed by atoms with Crippen LogP contribution in [0.3, 0.4) is 0 Å². The molecule has 0 atom stereocenters. The number of hydrogen-bond donors (Lipinski definition) is 0. The van der Waals surface area contributed by atoms with Crippen molar-refractivity contribution in [2.45, 2.75) is 32.1 Å². The van der Waals surface area contributed by atoms with Crippen molar-refractivity contribution < 1.29 is 0 Å². The number of benzene rings is 1. The molecule has 1 nitrogen and oxygen atoms in total. The molecule has 1 aromatic rings. The normalized spacial score (nSPS) is 15.0. The summed E-state index contributed by atoms with van der Waals surface area (Å²) in [5.74, 6) is 1.39. The zero-order chi connectivity index (χ0) is 12.3. The first-order valence-corrected chi connectivity index (χ1v) is 7.25. The van der Waals surface area contributed by atoms with E-state index >= 15 is 0 Å². The average Bonchev–Trinajstić information content (AvgIpc) is 3.12. The van der Waals surface area contributed by atoms with E-state index in [2.05, 4.69) is 17.9 Å². The van der Waals surface area contributed by atoms with Crippen molar-refractivity contribution in [2.24, 2.45) is 5.92 Å². The van der Waals surface area contributed by atoms with Crippen LogP contribution in [0.5, 0.6) is 0 Å². The molecule has 1 aliphatic rings. The van der Waals surface area contributed by atoms with E-state index in [-0.39, 0.29) is 0 Å². The molecule has 17 heavy (non-hydrogen) atoms. The lowest BCUT2D eigenvalue weighted by molar-refractivity contribution is 0.706. The molecule has 94 valence electrons. The summed E-state index contributed by atoms with van der Waals surface area (Å²) in [7, 11) is 0. The van der Waals surface area contributed by atoms with E-state index < -0.39 is 0 Å². The van der Waals surface area contributed by atoms with E-state index in [0.29, 0.717) is 5.88 Å². The first kappa shape index (κ1) is 13.0. The minimum atomic E-state index is 0.529. The van der Waals surface area contributed by atoms with E-state index in [0.717, 1.165) is 41.7 Å². The highest BCUT2D eigenvalue weighted by Crippen LogP contribution is 2.36. The lowest BCUT2D eigenvalue weighted by Gasteiger charge is -2.27. The van der Waals surface area contributed by atoms with Gasteiger partial charge < -0.3 is 4.90 Å². The van der Waals surface area contributed by atoms with Gasteiger partial charge in [-0.1, -0.05) is 30.7 Å². The third-order valence-electron chi connectivity index (χ3n) is 3.20. The van der Waals surface area contributed by atoms with Crippen molar-refractivity contribution in [3.63, 3.8) is 0 Å². The maximum atomic E-state index is 6.34. The Balaban J connectivity index is 2.25. The van der Waals surface area contributed by atoms with Crippen LogP contribution >= 0.6 is 23.2 Å². The Bertz CT molecular complexity index is 374. The fourth-order valence-electron chi connectivity index (χ4n) is 2.20. The molecule has 0 aliphatic heterocycles. The zero-order valence-corrected chi connectivity index (χ0v) is 11.8. The summed E-state index contributed by atoms with van der Waals surface area (Å²) in [6.07, 6.45) is 3.86. The molecule has 0 spiro atoms. The summed E-state index contributed by atoms with van der Waals surface area (Å²) in [6, 6.07) is 6.01. The van der Waals surface area contributed by atoms with E-state index in [1.807, 2.05) is 12.1 Å². The highest BCUT2D eigenvalue weighted by Gasteiger charge is 2.25. The van der Waals surface area contributed by atoms with Crippen LogP contribution in [0.25, 0.3) is 0 Å². The lowest BCUT2D eigenvalue weighted by Crippen LogP contribution is -2.27. The molecule has 0 amide bonds. The molecule has 1 aliphatic carbocycles. The SMILES string of the molecule is CCCN(CC1CC1)c1c(Cl)cccc1CCl. The van der Waals surface area contributed by atoms with Crippen LogP contribution < -0.4 is 4.90 Å². The molecular formula is C14H19Cl2N. The van der Waals surface area contributed by atoms with Gasteiger partial charge in [0, 0.05) is 19.0 Å². The zero-order valence-electron chi connectivity index (χ0n) is 10.3. The summed E-state index contributed by atoms with van der Waals surface area (Å²) in [4.78, 5) is 2.41. The molecule has 1 fully saturated rings. The topological polar surface area (TPSA) is 3.24 Å². The second-order valence-corrected chi connectivity index (χ2v) is 5.45. The van der Waals surface area contributed by atoms with Gasteiger partial charge in [-0.3, -0.25) is 0 Å². The molecule has 1 saturated carbocycles. The highest BCUT2D eigenvalue weighted by molar-refractivity contribution is 6.33. The first-order chi connectivity index (χ1) is 8.26. The number of rotatable bonds is 6. The summed E-state index contributed by atoms with van der Waals surface area (Å²) in [5.41, 5.74) is 2.30. The van der Waals surface area contributed by atoms with Gasteiger partial charge >= 0.3 is 0 Å². The van der Waals surface area contributed by atoms with Gasteiger partial charge in [-0.15, -0.1) is 11.6 Å². The predicted molar refractivity (Wildman–Crippen MR) is 76.2 cm³/mol. The molecule has 0 unspecified atom stereocenters. The van der Waals surface area contributed by atoms with Gasteiger partial charge in [-0.2, -0.15) is 0 Å². The van der Waals surface area contributed by atoms with Gasteiger partial charge in [0.15, 0.2) is 0 Å². The summed E-state index contributed by atoms with van der Waals surface area (Å²) in [5, 5.41) is 0.831. The predicted octanol–water partition coefficient (Wildman–Crippen LogP) is 4.71. The maximum absolute atomic E-state index is 6.34. The van der Waals surface area contributed by atoms with Crippen LogP contribution in [0.15, 0.2) is 18.2 Å². The van der Waals surface area contributed by atoms with Crippen LogP contribution in [0.4, 0.5) is 5.69 Å². The number of alkyl halides is 1. The van der Waals surface area contributed by atoms with Crippen LogP contribution in [-0.4, -0.2) is 13.1 Å². The molecule has 0 N–H and O–H groups in total. The Morgan fingerprint density at radius 1 is 1.35 bits per heavy atom. The van der Waals surface area contributed by atoms with E-state index in [1.165, 1.54) is 12.8 Å². The largest absolute Gasteiger partial charge is 0.370 e. The molecule has 0 bridgehead atoms. The van der Waals surface area contributed by atoms with Crippen molar-refractivity contribution in [3.05, 3.63) is 28.8 Å². The van der Waals surface area contributed by atoms with Gasteiger partial charge in [0.2, 0.25) is 0 Å². The maximum Gasteiger partial charge on any atom is 0.0642 e. The molecule has 1 aromatic carbocycles.